The predicted molar refractivity (Wildman–Crippen MR) is 62.6 cm³/mol. The molecule has 84 valence electrons. The lowest BCUT2D eigenvalue weighted by atomic mass is 9.99. The highest BCUT2D eigenvalue weighted by atomic mass is 35.5. The molecule has 0 amide bonds. The van der Waals surface area contributed by atoms with Crippen molar-refractivity contribution in [3.05, 3.63) is 34.9 Å². The monoisotopic (exact) mass is 229 g/mol. The number of carboxylic acid groups (broad SMARTS) is 1. The molecule has 1 aromatic carbocycles. The maximum Gasteiger partial charge on any atom is 0.335 e. The summed E-state index contributed by atoms with van der Waals surface area (Å²) in [6.45, 7) is 3.79. The number of hydrogen-bond acceptors (Lipinski definition) is 2. The van der Waals surface area contributed by atoms with Gasteiger partial charge in [0.15, 0.2) is 0 Å². The fourth-order valence-electron chi connectivity index (χ4n) is 1.39. The highest BCUT2D eigenvalue weighted by Gasteiger charge is 2.09. The smallest absolute Gasteiger partial charge is 0.335 e. The van der Waals surface area contributed by atoms with Crippen molar-refractivity contribution in [1.82, 2.24) is 0 Å². The van der Waals surface area contributed by atoms with E-state index in [4.69, 9.17) is 10.8 Å². The number of benzene rings is 1. The summed E-state index contributed by atoms with van der Waals surface area (Å²) < 4.78 is 0. The Bertz CT molecular complexity index is 352. The van der Waals surface area contributed by atoms with Crippen LogP contribution in [0.15, 0.2) is 18.2 Å². The molecule has 0 aliphatic rings. The molecule has 0 aliphatic heterocycles. The first-order valence-electron chi connectivity index (χ1n) is 4.65. The van der Waals surface area contributed by atoms with Crippen LogP contribution in [0.3, 0.4) is 0 Å². The second-order valence-corrected chi connectivity index (χ2v) is 3.39. The highest BCUT2D eigenvalue weighted by Crippen LogP contribution is 2.17. The summed E-state index contributed by atoms with van der Waals surface area (Å²) >= 11 is 0. The average Bonchev–Trinajstić information content (AvgIpc) is 2.15. The molecule has 0 spiro atoms. The van der Waals surface area contributed by atoms with E-state index in [9.17, 15) is 4.79 Å². The molecule has 0 saturated heterocycles. The zero-order valence-electron chi connectivity index (χ0n) is 8.86. The molecule has 3 nitrogen and oxygen atoms in total. The number of halogens is 1. The third-order valence-electron chi connectivity index (χ3n) is 2.35. The minimum Gasteiger partial charge on any atom is -0.478 e. The molecule has 4 heteroatoms. The largest absolute Gasteiger partial charge is 0.478 e. The van der Waals surface area contributed by atoms with Crippen molar-refractivity contribution in [1.29, 1.82) is 0 Å². The Kier molecular flexibility index (Phi) is 5.33. The van der Waals surface area contributed by atoms with Crippen molar-refractivity contribution in [2.75, 3.05) is 0 Å². The standard InChI is InChI=1S/C11H15NO2.ClH/c1-3-10(12)8-4-5-9(11(13)14)7(2)6-8;/h4-6,10H,3,12H2,1-2H3,(H,13,14);1H. The van der Waals surface area contributed by atoms with Crippen LogP contribution in [-0.2, 0) is 0 Å². The van der Waals surface area contributed by atoms with Crippen LogP contribution >= 0.6 is 12.4 Å². The van der Waals surface area contributed by atoms with E-state index < -0.39 is 5.97 Å². The van der Waals surface area contributed by atoms with Gasteiger partial charge in [-0.2, -0.15) is 0 Å². The van der Waals surface area contributed by atoms with Crippen molar-refractivity contribution in [3.8, 4) is 0 Å². The number of rotatable bonds is 3. The van der Waals surface area contributed by atoms with E-state index >= 15 is 0 Å². The number of carbonyl (C=O) groups is 1. The first-order valence-corrected chi connectivity index (χ1v) is 4.65. The zero-order valence-corrected chi connectivity index (χ0v) is 9.67. The lowest BCUT2D eigenvalue weighted by molar-refractivity contribution is 0.0696. The minimum atomic E-state index is -0.890. The highest BCUT2D eigenvalue weighted by molar-refractivity contribution is 5.89. The van der Waals surface area contributed by atoms with Crippen LogP contribution in [0.5, 0.6) is 0 Å². The maximum absolute atomic E-state index is 10.7. The maximum atomic E-state index is 10.7. The Morgan fingerprint density at radius 1 is 1.53 bits per heavy atom. The van der Waals surface area contributed by atoms with Crippen LogP contribution in [0.1, 0.15) is 40.9 Å². The quantitative estimate of drug-likeness (QED) is 0.837. The Morgan fingerprint density at radius 3 is 2.53 bits per heavy atom. The molecule has 0 radical (unpaired) electrons. The molecule has 15 heavy (non-hydrogen) atoms. The van der Waals surface area contributed by atoms with Crippen LogP contribution in [0, 0.1) is 6.92 Å². The summed E-state index contributed by atoms with van der Waals surface area (Å²) in [4.78, 5) is 10.7. The Morgan fingerprint density at radius 2 is 2.13 bits per heavy atom. The van der Waals surface area contributed by atoms with Gasteiger partial charge in [-0.05, 0) is 30.5 Å². The first-order chi connectivity index (χ1) is 6.56. The van der Waals surface area contributed by atoms with Crippen LogP contribution in [0.25, 0.3) is 0 Å². The van der Waals surface area contributed by atoms with Crippen molar-refractivity contribution >= 4 is 18.4 Å². The van der Waals surface area contributed by atoms with E-state index in [1.807, 2.05) is 13.0 Å². The lowest BCUT2D eigenvalue weighted by Gasteiger charge is -2.10. The molecular formula is C11H16ClNO2. The van der Waals surface area contributed by atoms with Gasteiger partial charge in [-0.3, -0.25) is 0 Å². The van der Waals surface area contributed by atoms with Gasteiger partial charge in [0.2, 0.25) is 0 Å². The van der Waals surface area contributed by atoms with Crippen LogP contribution in [-0.4, -0.2) is 11.1 Å². The van der Waals surface area contributed by atoms with Gasteiger partial charge in [0.25, 0.3) is 0 Å². The van der Waals surface area contributed by atoms with Gasteiger partial charge >= 0.3 is 5.97 Å². The fourth-order valence-corrected chi connectivity index (χ4v) is 1.39. The number of carboxylic acids is 1. The Balaban J connectivity index is 0.00000196. The minimum absolute atomic E-state index is 0. The predicted octanol–water partition coefficient (Wildman–Crippen LogP) is 2.52. The number of aromatic carboxylic acids is 1. The molecule has 0 aliphatic carbocycles. The molecule has 1 atom stereocenters. The van der Waals surface area contributed by atoms with E-state index in [-0.39, 0.29) is 18.4 Å². The second-order valence-electron chi connectivity index (χ2n) is 3.39. The Hall–Kier alpha value is -1.06. The third kappa shape index (κ3) is 3.22. The summed E-state index contributed by atoms with van der Waals surface area (Å²) in [5, 5.41) is 8.82. The fraction of sp³-hybridized carbons (Fsp3) is 0.364. The molecule has 1 unspecified atom stereocenters. The summed E-state index contributed by atoms with van der Waals surface area (Å²) in [5.74, 6) is -0.890. The summed E-state index contributed by atoms with van der Waals surface area (Å²) in [5.41, 5.74) is 7.94. The lowest BCUT2D eigenvalue weighted by Crippen LogP contribution is -2.10. The van der Waals surface area contributed by atoms with Crippen molar-refractivity contribution in [3.63, 3.8) is 0 Å². The topological polar surface area (TPSA) is 63.3 Å². The van der Waals surface area contributed by atoms with Crippen LogP contribution in [0.4, 0.5) is 0 Å². The molecule has 3 N–H and O–H groups in total. The van der Waals surface area contributed by atoms with Gasteiger partial charge < -0.3 is 10.8 Å². The zero-order chi connectivity index (χ0) is 10.7. The summed E-state index contributed by atoms with van der Waals surface area (Å²) in [6.07, 6.45) is 0.853. The molecule has 0 fully saturated rings. The first kappa shape index (κ1) is 13.9. The van der Waals surface area contributed by atoms with Gasteiger partial charge in [-0.15, -0.1) is 12.4 Å². The van der Waals surface area contributed by atoms with Crippen molar-refractivity contribution in [2.24, 2.45) is 5.73 Å². The van der Waals surface area contributed by atoms with E-state index in [0.717, 1.165) is 17.5 Å². The average molecular weight is 230 g/mol. The molecule has 0 saturated carbocycles. The molecule has 0 bridgehead atoms. The van der Waals surface area contributed by atoms with E-state index in [1.165, 1.54) is 0 Å². The normalized spacial score (nSPS) is 11.7. The van der Waals surface area contributed by atoms with E-state index in [0.29, 0.717) is 5.56 Å². The summed E-state index contributed by atoms with van der Waals surface area (Å²) in [6, 6.07) is 5.24. The van der Waals surface area contributed by atoms with E-state index in [2.05, 4.69) is 0 Å². The van der Waals surface area contributed by atoms with Crippen molar-refractivity contribution in [2.45, 2.75) is 26.3 Å². The number of aryl methyl sites for hydroxylation is 1. The number of hydrogen-bond donors (Lipinski definition) is 2. The van der Waals surface area contributed by atoms with Gasteiger partial charge in [0.1, 0.15) is 0 Å². The molecule has 1 aromatic rings. The third-order valence-corrected chi connectivity index (χ3v) is 2.35. The van der Waals surface area contributed by atoms with Gasteiger partial charge in [0.05, 0.1) is 5.56 Å². The van der Waals surface area contributed by atoms with Crippen LogP contribution < -0.4 is 5.73 Å². The Labute approximate surface area is 95.7 Å². The molecule has 0 heterocycles. The van der Waals surface area contributed by atoms with Crippen molar-refractivity contribution < 1.29 is 9.90 Å². The summed E-state index contributed by atoms with van der Waals surface area (Å²) in [7, 11) is 0. The molecular weight excluding hydrogens is 214 g/mol. The van der Waals surface area contributed by atoms with E-state index in [1.54, 1.807) is 19.1 Å². The van der Waals surface area contributed by atoms with Crippen LogP contribution in [0.2, 0.25) is 0 Å². The molecule has 0 aromatic heterocycles. The van der Waals surface area contributed by atoms with Gasteiger partial charge in [0, 0.05) is 6.04 Å². The second kappa shape index (κ2) is 5.73. The number of nitrogens with two attached hydrogens (primary N) is 1. The van der Waals surface area contributed by atoms with Gasteiger partial charge in [-0.1, -0.05) is 19.1 Å². The van der Waals surface area contributed by atoms with Gasteiger partial charge in [-0.25, -0.2) is 4.79 Å². The SMILES string of the molecule is CCC(N)c1ccc(C(=O)O)c(C)c1.Cl. The molecule has 1 rings (SSSR count).